The van der Waals surface area contributed by atoms with Crippen LogP contribution in [0.1, 0.15) is 31.9 Å². The molecule has 0 spiro atoms. The van der Waals surface area contributed by atoms with E-state index in [1.165, 1.54) is 0 Å². The van der Waals surface area contributed by atoms with Crippen molar-refractivity contribution in [2.24, 2.45) is 0 Å². The second-order valence-electron chi connectivity index (χ2n) is 6.50. The summed E-state index contributed by atoms with van der Waals surface area (Å²) in [5, 5.41) is 11.6. The highest BCUT2D eigenvalue weighted by Gasteiger charge is 2.50. The van der Waals surface area contributed by atoms with E-state index in [1.807, 2.05) is 48.5 Å². The number of hydrogen-bond donors (Lipinski definition) is 2. The van der Waals surface area contributed by atoms with Gasteiger partial charge in [0.1, 0.15) is 11.3 Å². The fourth-order valence-electron chi connectivity index (χ4n) is 3.11. The van der Waals surface area contributed by atoms with E-state index in [9.17, 15) is 14.5 Å². The maximum absolute atomic E-state index is 13.7. The highest BCUT2D eigenvalue weighted by molar-refractivity contribution is 7.55. The van der Waals surface area contributed by atoms with E-state index in [0.29, 0.717) is 5.56 Å². The Kier molecular flexibility index (Phi) is 7.96. The maximum Gasteiger partial charge on any atom is 0.354 e. The number of carboxylic acids is 1. The minimum Gasteiger partial charge on any atom is -0.480 e. The SMILES string of the molecule is CCOP(=O)(OCC)C(C)(NC(Cc1ccccc1)C(=O)O)c1ccccc1. The molecular formula is C21H28NO5P. The zero-order valence-electron chi connectivity index (χ0n) is 16.5. The molecule has 7 heteroatoms. The maximum atomic E-state index is 13.7. The van der Waals surface area contributed by atoms with Gasteiger partial charge in [0.15, 0.2) is 0 Å². The highest BCUT2D eigenvalue weighted by Crippen LogP contribution is 2.63. The smallest absolute Gasteiger partial charge is 0.354 e. The fraction of sp³-hybridized carbons (Fsp3) is 0.381. The molecule has 0 amide bonds. The van der Waals surface area contributed by atoms with Crippen molar-refractivity contribution in [1.29, 1.82) is 0 Å². The quantitative estimate of drug-likeness (QED) is 0.539. The average molecular weight is 405 g/mol. The summed E-state index contributed by atoms with van der Waals surface area (Å²) in [7, 11) is -3.74. The number of nitrogens with one attached hydrogen (secondary N) is 1. The van der Waals surface area contributed by atoms with Gasteiger partial charge in [0.2, 0.25) is 0 Å². The summed E-state index contributed by atoms with van der Waals surface area (Å²) < 4.78 is 24.9. The van der Waals surface area contributed by atoms with E-state index in [4.69, 9.17) is 9.05 Å². The molecule has 0 aliphatic carbocycles. The Balaban J connectivity index is 2.48. The Morgan fingerprint density at radius 2 is 1.54 bits per heavy atom. The molecule has 0 radical (unpaired) electrons. The van der Waals surface area contributed by atoms with Crippen LogP contribution in [0.2, 0.25) is 0 Å². The number of carboxylic acid groups (broad SMARTS) is 1. The molecule has 2 N–H and O–H groups in total. The van der Waals surface area contributed by atoms with Crippen LogP contribution in [0.25, 0.3) is 0 Å². The Labute approximate surface area is 166 Å². The van der Waals surface area contributed by atoms with Crippen molar-refractivity contribution in [3.05, 3.63) is 71.8 Å². The fourth-order valence-corrected chi connectivity index (χ4v) is 5.16. The van der Waals surface area contributed by atoms with E-state index in [2.05, 4.69) is 5.32 Å². The van der Waals surface area contributed by atoms with Crippen molar-refractivity contribution in [3.63, 3.8) is 0 Å². The van der Waals surface area contributed by atoms with E-state index in [1.54, 1.807) is 32.9 Å². The number of hydrogen-bond acceptors (Lipinski definition) is 5. The summed E-state index contributed by atoms with van der Waals surface area (Å²) in [4.78, 5) is 12.0. The van der Waals surface area contributed by atoms with Crippen LogP contribution in [-0.4, -0.2) is 30.3 Å². The molecule has 0 saturated carbocycles. The largest absolute Gasteiger partial charge is 0.480 e. The van der Waals surface area contributed by atoms with Gasteiger partial charge >= 0.3 is 13.6 Å². The summed E-state index contributed by atoms with van der Waals surface area (Å²) in [5.41, 5.74) is 1.50. The van der Waals surface area contributed by atoms with Crippen molar-refractivity contribution in [3.8, 4) is 0 Å². The first-order valence-electron chi connectivity index (χ1n) is 9.35. The van der Waals surface area contributed by atoms with Crippen LogP contribution in [0.3, 0.4) is 0 Å². The van der Waals surface area contributed by atoms with Crippen molar-refractivity contribution in [1.82, 2.24) is 5.32 Å². The van der Waals surface area contributed by atoms with Gasteiger partial charge in [-0.1, -0.05) is 60.7 Å². The van der Waals surface area contributed by atoms with Crippen LogP contribution >= 0.6 is 7.60 Å². The van der Waals surface area contributed by atoms with Gasteiger partial charge in [-0.05, 0) is 38.3 Å². The summed E-state index contributed by atoms with van der Waals surface area (Å²) in [6, 6.07) is 17.4. The zero-order chi connectivity index (χ0) is 20.6. The van der Waals surface area contributed by atoms with Gasteiger partial charge in [0.05, 0.1) is 13.2 Å². The predicted octanol–water partition coefficient (Wildman–Crippen LogP) is 4.41. The molecule has 0 saturated heterocycles. The molecule has 0 heterocycles. The first-order valence-corrected chi connectivity index (χ1v) is 10.9. The number of rotatable bonds is 11. The van der Waals surface area contributed by atoms with Crippen molar-refractivity contribution in [2.75, 3.05) is 13.2 Å². The zero-order valence-corrected chi connectivity index (χ0v) is 17.4. The lowest BCUT2D eigenvalue weighted by Crippen LogP contribution is -2.50. The van der Waals surface area contributed by atoms with E-state index >= 15 is 0 Å². The molecule has 2 unspecified atom stereocenters. The average Bonchev–Trinajstić information content (AvgIpc) is 2.69. The van der Waals surface area contributed by atoms with Crippen molar-refractivity contribution in [2.45, 2.75) is 38.5 Å². The number of carbonyl (C=O) groups is 1. The third kappa shape index (κ3) is 5.09. The van der Waals surface area contributed by atoms with E-state index < -0.39 is 24.9 Å². The lowest BCUT2D eigenvalue weighted by atomic mass is 10.0. The Hall–Kier alpha value is -1.98. The Morgan fingerprint density at radius 3 is 2.00 bits per heavy atom. The molecule has 2 rings (SSSR count). The standard InChI is InChI=1S/C21H28NO5P/c1-4-26-28(25,27-5-2)21(3,18-14-10-7-11-15-18)22-19(20(23)24)16-17-12-8-6-9-13-17/h6-15,19,22H,4-5,16H2,1-3H3,(H,23,24). The highest BCUT2D eigenvalue weighted by atomic mass is 31.2. The lowest BCUT2D eigenvalue weighted by molar-refractivity contribution is -0.139. The predicted molar refractivity (Wildman–Crippen MR) is 109 cm³/mol. The van der Waals surface area contributed by atoms with Gasteiger partial charge in [0.25, 0.3) is 0 Å². The van der Waals surface area contributed by atoms with Crippen LogP contribution < -0.4 is 5.32 Å². The Morgan fingerprint density at radius 1 is 1.04 bits per heavy atom. The van der Waals surface area contributed by atoms with E-state index in [0.717, 1.165) is 5.56 Å². The van der Waals surface area contributed by atoms with Crippen molar-refractivity contribution >= 4 is 13.6 Å². The Bertz CT molecular complexity index is 789. The van der Waals surface area contributed by atoms with Crippen molar-refractivity contribution < 1.29 is 23.5 Å². The van der Waals surface area contributed by atoms with Gasteiger partial charge in [-0.25, -0.2) is 0 Å². The molecule has 0 aliphatic rings. The summed E-state index contributed by atoms with van der Waals surface area (Å²) >= 11 is 0. The molecule has 0 fully saturated rings. The third-order valence-corrected chi connectivity index (χ3v) is 7.20. The van der Waals surface area contributed by atoms with E-state index in [-0.39, 0.29) is 19.6 Å². The molecule has 28 heavy (non-hydrogen) atoms. The molecule has 152 valence electrons. The van der Waals surface area contributed by atoms with Gasteiger partial charge in [-0.2, -0.15) is 0 Å². The lowest BCUT2D eigenvalue weighted by Gasteiger charge is -2.39. The molecule has 0 aliphatic heterocycles. The number of aliphatic carboxylic acids is 1. The van der Waals surface area contributed by atoms with Crippen LogP contribution in [-0.2, 0) is 30.1 Å². The normalized spacial score (nSPS) is 15.0. The first-order chi connectivity index (χ1) is 13.4. The molecule has 6 nitrogen and oxygen atoms in total. The molecule has 2 aromatic carbocycles. The second-order valence-corrected chi connectivity index (χ2v) is 8.90. The molecular weight excluding hydrogens is 377 g/mol. The summed E-state index contributed by atoms with van der Waals surface area (Å²) in [6.07, 6.45) is 0.233. The second kappa shape index (κ2) is 9.99. The summed E-state index contributed by atoms with van der Waals surface area (Å²) in [6.45, 7) is 5.50. The van der Waals surface area contributed by atoms with Gasteiger partial charge in [-0.15, -0.1) is 0 Å². The van der Waals surface area contributed by atoms with Gasteiger partial charge < -0.3 is 14.2 Å². The molecule has 0 bridgehead atoms. The van der Waals surface area contributed by atoms with Crippen LogP contribution in [0.5, 0.6) is 0 Å². The van der Waals surface area contributed by atoms with Crippen LogP contribution in [0.15, 0.2) is 60.7 Å². The minimum atomic E-state index is -3.74. The molecule has 0 aromatic heterocycles. The third-order valence-electron chi connectivity index (χ3n) is 4.52. The summed E-state index contributed by atoms with van der Waals surface area (Å²) in [5.74, 6) is -1.04. The monoisotopic (exact) mass is 405 g/mol. The van der Waals surface area contributed by atoms with Gasteiger partial charge in [0, 0.05) is 0 Å². The van der Waals surface area contributed by atoms with Crippen LogP contribution in [0.4, 0.5) is 0 Å². The first kappa shape index (κ1) is 22.3. The number of benzene rings is 2. The molecule has 2 atom stereocenters. The minimum absolute atomic E-state index is 0.178. The van der Waals surface area contributed by atoms with Gasteiger partial charge in [-0.3, -0.25) is 14.7 Å². The molecule has 2 aromatic rings. The van der Waals surface area contributed by atoms with Crippen LogP contribution in [0, 0.1) is 0 Å². The topological polar surface area (TPSA) is 84.9 Å².